The van der Waals surface area contributed by atoms with Crippen LogP contribution in [0.1, 0.15) is 43.2 Å². The third-order valence-electron chi connectivity index (χ3n) is 5.92. The first-order valence-corrected chi connectivity index (χ1v) is 11.5. The molecule has 0 aliphatic carbocycles. The Bertz CT molecular complexity index is 1120. The Morgan fingerprint density at radius 3 is 3.06 bits per heavy atom. The Hall–Kier alpha value is -2.78. The summed E-state index contributed by atoms with van der Waals surface area (Å²) < 4.78 is 7.99. The Morgan fingerprint density at radius 2 is 2.26 bits per heavy atom. The molecule has 2 aliphatic rings. The van der Waals surface area contributed by atoms with Crippen LogP contribution in [0.2, 0.25) is 0 Å². The highest BCUT2D eigenvalue weighted by atomic mass is 32.1. The van der Waals surface area contributed by atoms with E-state index in [1.165, 1.54) is 4.88 Å². The lowest BCUT2D eigenvalue weighted by atomic mass is 10.1. The summed E-state index contributed by atoms with van der Waals surface area (Å²) in [6, 6.07) is 6.31. The highest BCUT2D eigenvalue weighted by Crippen LogP contribution is 2.40. The van der Waals surface area contributed by atoms with Crippen LogP contribution in [0.25, 0.3) is 22.1 Å². The minimum Gasteiger partial charge on any atom is -0.492 e. The van der Waals surface area contributed by atoms with Gasteiger partial charge in [0.25, 0.3) is 0 Å². The Morgan fingerprint density at radius 1 is 1.39 bits per heavy atom. The van der Waals surface area contributed by atoms with E-state index in [2.05, 4.69) is 47.0 Å². The van der Waals surface area contributed by atoms with E-state index in [9.17, 15) is 4.79 Å². The zero-order chi connectivity index (χ0) is 21.5. The largest absolute Gasteiger partial charge is 0.492 e. The summed E-state index contributed by atoms with van der Waals surface area (Å²) in [7, 11) is 0. The molecule has 0 spiro atoms. The molecule has 0 bridgehead atoms. The lowest BCUT2D eigenvalue weighted by molar-refractivity contribution is -0.122. The number of rotatable bonds is 5. The highest BCUT2D eigenvalue weighted by molar-refractivity contribution is 7.15. The van der Waals surface area contributed by atoms with Crippen LogP contribution in [0.4, 0.5) is 0 Å². The van der Waals surface area contributed by atoms with Gasteiger partial charge >= 0.3 is 0 Å². The summed E-state index contributed by atoms with van der Waals surface area (Å²) in [5.41, 5.74) is 8.66. The van der Waals surface area contributed by atoms with Crippen molar-refractivity contribution in [1.82, 2.24) is 24.6 Å². The van der Waals surface area contributed by atoms with Crippen LogP contribution in [0, 0.1) is 0 Å². The Labute approximate surface area is 185 Å². The van der Waals surface area contributed by atoms with E-state index in [1.54, 1.807) is 17.7 Å². The molecule has 2 N–H and O–H groups in total. The maximum absolute atomic E-state index is 11.7. The minimum atomic E-state index is -0.239. The molecule has 31 heavy (non-hydrogen) atoms. The van der Waals surface area contributed by atoms with E-state index in [0.717, 1.165) is 59.2 Å². The van der Waals surface area contributed by atoms with E-state index in [1.807, 2.05) is 4.68 Å². The smallest absolute Gasteiger partial charge is 0.234 e. The molecule has 5 rings (SSSR count). The third kappa shape index (κ3) is 3.72. The van der Waals surface area contributed by atoms with Crippen molar-refractivity contribution >= 4 is 17.2 Å². The number of nitrogens with two attached hydrogens (primary N) is 1. The number of benzene rings is 1. The molecule has 0 saturated carbocycles. The molecule has 1 fully saturated rings. The molecule has 1 unspecified atom stereocenters. The maximum Gasteiger partial charge on any atom is 0.234 e. The van der Waals surface area contributed by atoms with Gasteiger partial charge in [0.15, 0.2) is 10.8 Å². The lowest BCUT2D eigenvalue weighted by Gasteiger charge is -2.22. The molecule has 2 aliphatic heterocycles. The third-order valence-corrected chi connectivity index (χ3v) is 7.03. The van der Waals surface area contributed by atoms with Gasteiger partial charge in [-0.15, -0.1) is 11.3 Å². The van der Waals surface area contributed by atoms with E-state index in [4.69, 9.17) is 15.5 Å². The van der Waals surface area contributed by atoms with Crippen molar-refractivity contribution < 1.29 is 9.53 Å². The fourth-order valence-electron chi connectivity index (χ4n) is 4.41. The SMILES string of the molecule is CC(C)n1ncnc1-c1nc2c(s1)CCOc1cc(CN3CCCC3C(N)=O)ccc1-2. The molecular weight excluding hydrogens is 412 g/mol. The second-order valence-corrected chi connectivity index (χ2v) is 9.46. The van der Waals surface area contributed by atoms with Crippen molar-refractivity contribution in [3.05, 3.63) is 35.0 Å². The van der Waals surface area contributed by atoms with Crippen LogP contribution in [0.5, 0.6) is 5.75 Å². The maximum atomic E-state index is 11.7. The molecule has 2 aromatic heterocycles. The van der Waals surface area contributed by atoms with Gasteiger partial charge in [0, 0.05) is 29.4 Å². The van der Waals surface area contributed by atoms with Crippen LogP contribution in [0.15, 0.2) is 24.5 Å². The van der Waals surface area contributed by atoms with Crippen molar-refractivity contribution in [3.63, 3.8) is 0 Å². The van der Waals surface area contributed by atoms with Crippen LogP contribution < -0.4 is 10.5 Å². The monoisotopic (exact) mass is 438 g/mol. The average molecular weight is 439 g/mol. The van der Waals surface area contributed by atoms with Crippen LogP contribution in [0.3, 0.4) is 0 Å². The zero-order valence-corrected chi connectivity index (χ0v) is 18.6. The highest BCUT2D eigenvalue weighted by Gasteiger charge is 2.29. The number of thiazole rings is 1. The normalized spacial score (nSPS) is 18.5. The molecule has 1 atom stereocenters. The molecule has 1 saturated heterocycles. The number of carbonyl (C=O) groups is 1. The number of primary amides is 1. The number of fused-ring (bicyclic) bond motifs is 3. The van der Waals surface area contributed by atoms with Crippen LogP contribution in [-0.2, 0) is 17.8 Å². The van der Waals surface area contributed by atoms with Crippen molar-refractivity contribution in [2.45, 2.75) is 51.7 Å². The fourth-order valence-corrected chi connectivity index (χ4v) is 5.46. The number of aromatic nitrogens is 4. The Balaban J connectivity index is 1.46. The van der Waals surface area contributed by atoms with E-state index >= 15 is 0 Å². The second-order valence-electron chi connectivity index (χ2n) is 8.37. The summed E-state index contributed by atoms with van der Waals surface area (Å²) in [5.74, 6) is 1.41. The van der Waals surface area contributed by atoms with Gasteiger partial charge in [-0.2, -0.15) is 5.10 Å². The number of carbonyl (C=O) groups excluding carboxylic acids is 1. The standard InChI is InChI=1S/C22H26N6O2S/c1-13(2)28-21(24-12-25-28)22-26-19-15-6-5-14(10-17(15)30-9-7-18(19)31-22)11-27-8-3-4-16(27)20(23)29/h5-6,10,12-13,16H,3-4,7-9,11H2,1-2H3,(H2,23,29). The summed E-state index contributed by atoms with van der Waals surface area (Å²) in [6.07, 6.45) is 4.23. The molecule has 8 nitrogen and oxygen atoms in total. The number of nitrogens with zero attached hydrogens (tertiary/aromatic N) is 5. The van der Waals surface area contributed by atoms with Crippen molar-refractivity contribution in [1.29, 1.82) is 0 Å². The number of amides is 1. The van der Waals surface area contributed by atoms with Gasteiger partial charge in [0.1, 0.15) is 12.1 Å². The first-order valence-electron chi connectivity index (χ1n) is 10.7. The zero-order valence-electron chi connectivity index (χ0n) is 17.7. The van der Waals surface area contributed by atoms with Gasteiger partial charge in [-0.05, 0) is 50.9 Å². The van der Waals surface area contributed by atoms with Crippen molar-refractivity contribution in [3.8, 4) is 27.8 Å². The van der Waals surface area contributed by atoms with Gasteiger partial charge in [0.05, 0.1) is 18.3 Å². The van der Waals surface area contributed by atoms with E-state index in [0.29, 0.717) is 13.2 Å². The average Bonchev–Trinajstić information content (AvgIpc) is 3.46. The fraction of sp³-hybridized carbons (Fsp3) is 0.455. The molecule has 1 aromatic carbocycles. The molecule has 0 radical (unpaired) electrons. The molecule has 4 heterocycles. The van der Waals surface area contributed by atoms with Gasteiger partial charge in [-0.3, -0.25) is 9.69 Å². The predicted octanol–water partition coefficient (Wildman–Crippen LogP) is 3.03. The Kier molecular flexibility index (Phi) is 5.23. The first kappa shape index (κ1) is 20.1. The summed E-state index contributed by atoms with van der Waals surface area (Å²) in [5, 5.41) is 5.23. The molecule has 162 valence electrons. The summed E-state index contributed by atoms with van der Waals surface area (Å²) >= 11 is 1.66. The lowest BCUT2D eigenvalue weighted by Crippen LogP contribution is -2.39. The first-order chi connectivity index (χ1) is 15.0. The molecular formula is C22H26N6O2S. The number of hydrogen-bond acceptors (Lipinski definition) is 7. The van der Waals surface area contributed by atoms with Crippen LogP contribution in [-0.4, -0.2) is 49.7 Å². The molecule has 9 heteroatoms. The summed E-state index contributed by atoms with van der Waals surface area (Å²) in [6.45, 7) is 6.36. The van der Waals surface area contributed by atoms with Crippen molar-refractivity contribution in [2.75, 3.05) is 13.2 Å². The van der Waals surface area contributed by atoms with Gasteiger partial charge in [0.2, 0.25) is 5.91 Å². The quantitative estimate of drug-likeness (QED) is 0.657. The van der Waals surface area contributed by atoms with E-state index < -0.39 is 0 Å². The van der Waals surface area contributed by atoms with Gasteiger partial charge in [-0.1, -0.05) is 6.07 Å². The number of likely N-dealkylation sites (tertiary alicyclic amines) is 1. The summed E-state index contributed by atoms with van der Waals surface area (Å²) in [4.78, 5) is 24.5. The number of ether oxygens (including phenoxy) is 1. The predicted molar refractivity (Wildman–Crippen MR) is 119 cm³/mol. The van der Waals surface area contributed by atoms with Gasteiger partial charge < -0.3 is 10.5 Å². The van der Waals surface area contributed by atoms with Crippen LogP contribution >= 0.6 is 11.3 Å². The minimum absolute atomic E-state index is 0.175. The molecule has 3 aromatic rings. The van der Waals surface area contributed by atoms with Crippen molar-refractivity contribution in [2.24, 2.45) is 5.73 Å². The topological polar surface area (TPSA) is 99.2 Å². The van der Waals surface area contributed by atoms with E-state index in [-0.39, 0.29) is 18.0 Å². The second kappa shape index (κ2) is 8.05. The molecule has 1 amide bonds. The van der Waals surface area contributed by atoms with Gasteiger partial charge in [-0.25, -0.2) is 14.6 Å². The number of hydrogen-bond donors (Lipinski definition) is 1.